The van der Waals surface area contributed by atoms with Crippen molar-refractivity contribution in [1.82, 2.24) is 14.6 Å². The van der Waals surface area contributed by atoms with Gasteiger partial charge in [-0.25, -0.2) is 14.5 Å². The number of carbonyl (C=O) groups is 2. The van der Waals surface area contributed by atoms with E-state index in [4.69, 9.17) is 0 Å². The zero-order valence-electron chi connectivity index (χ0n) is 16.6. The molecule has 5 rings (SSSR count). The maximum absolute atomic E-state index is 12.8. The molecule has 1 N–H and O–H groups in total. The minimum Gasteiger partial charge on any atom is -0.295 e. The maximum atomic E-state index is 12.8. The number of carbonyl (C=O) groups excluding carboxylic acids is 2. The number of anilines is 2. The molecule has 0 fully saturated rings. The van der Waals surface area contributed by atoms with Crippen molar-refractivity contribution >= 4 is 44.6 Å². The Balaban J connectivity index is 1.35. The van der Waals surface area contributed by atoms with Gasteiger partial charge in [0.15, 0.2) is 0 Å². The Labute approximate surface area is 181 Å². The zero-order valence-corrected chi connectivity index (χ0v) is 17.5. The molecule has 9 heteroatoms. The molecule has 1 aliphatic heterocycles. The van der Waals surface area contributed by atoms with Gasteiger partial charge in [0, 0.05) is 18.4 Å². The van der Waals surface area contributed by atoms with E-state index in [0.717, 1.165) is 16.8 Å². The molecule has 0 spiro atoms. The lowest BCUT2D eigenvalue weighted by molar-refractivity contribution is -0.118. The molecule has 8 nitrogen and oxygen atoms in total. The van der Waals surface area contributed by atoms with E-state index in [9.17, 15) is 9.59 Å². The molecule has 2 aromatic carbocycles. The van der Waals surface area contributed by atoms with Gasteiger partial charge in [0.2, 0.25) is 16.0 Å². The first-order chi connectivity index (χ1) is 15.1. The Bertz CT molecular complexity index is 1290. The predicted molar refractivity (Wildman–Crippen MR) is 120 cm³/mol. The van der Waals surface area contributed by atoms with Crippen molar-refractivity contribution in [3.63, 3.8) is 0 Å². The third-order valence-electron chi connectivity index (χ3n) is 4.87. The van der Waals surface area contributed by atoms with Gasteiger partial charge in [-0.15, -0.1) is 5.10 Å². The third kappa shape index (κ3) is 3.82. The number of aryl methyl sites for hydroxylation is 1. The number of imidazole rings is 1. The summed E-state index contributed by atoms with van der Waals surface area (Å²) in [4.78, 5) is 30.3. The number of rotatable bonds is 4. The molecule has 1 aliphatic rings. The maximum Gasteiger partial charge on any atom is 0.273 e. The summed E-state index contributed by atoms with van der Waals surface area (Å²) in [5.41, 5.74) is 3.78. The molecular weight excluding hydrogens is 412 g/mol. The standard InChI is InChI=1S/C22H18N6O2S/c1-14-6-5-9-16(12-14)28-19(29)11-10-17(25-28)20(30)24-21-26-27-13-18(23-22(27)31-21)15-7-3-2-4-8-15/h2-9,12-13H,10-11H2,1H3,(H,24,26,30). The highest BCUT2D eigenvalue weighted by Gasteiger charge is 2.26. The summed E-state index contributed by atoms with van der Waals surface area (Å²) >= 11 is 1.28. The second-order valence-electron chi connectivity index (χ2n) is 7.17. The average molecular weight is 430 g/mol. The van der Waals surface area contributed by atoms with E-state index >= 15 is 0 Å². The largest absolute Gasteiger partial charge is 0.295 e. The lowest BCUT2D eigenvalue weighted by Gasteiger charge is -2.23. The Morgan fingerprint density at radius 2 is 1.94 bits per heavy atom. The lowest BCUT2D eigenvalue weighted by atomic mass is 10.1. The summed E-state index contributed by atoms with van der Waals surface area (Å²) in [5, 5.41) is 13.2. The van der Waals surface area contributed by atoms with Crippen LogP contribution in [0.1, 0.15) is 18.4 Å². The number of hydrazone groups is 1. The Morgan fingerprint density at radius 1 is 1.10 bits per heavy atom. The highest BCUT2D eigenvalue weighted by molar-refractivity contribution is 7.20. The van der Waals surface area contributed by atoms with Crippen molar-refractivity contribution in [3.05, 3.63) is 66.4 Å². The van der Waals surface area contributed by atoms with Crippen molar-refractivity contribution in [2.24, 2.45) is 5.10 Å². The van der Waals surface area contributed by atoms with E-state index in [1.54, 1.807) is 10.6 Å². The van der Waals surface area contributed by atoms with E-state index < -0.39 is 0 Å². The van der Waals surface area contributed by atoms with Crippen LogP contribution in [0.15, 0.2) is 65.9 Å². The first-order valence-electron chi connectivity index (χ1n) is 9.77. The van der Waals surface area contributed by atoms with Crippen molar-refractivity contribution < 1.29 is 9.59 Å². The summed E-state index contributed by atoms with van der Waals surface area (Å²) in [5.74, 6) is -0.506. The van der Waals surface area contributed by atoms with Crippen molar-refractivity contribution in [3.8, 4) is 11.3 Å². The monoisotopic (exact) mass is 430 g/mol. The third-order valence-corrected chi connectivity index (χ3v) is 5.71. The summed E-state index contributed by atoms with van der Waals surface area (Å²) in [7, 11) is 0. The normalized spacial score (nSPS) is 14.0. The molecule has 0 atom stereocenters. The van der Waals surface area contributed by atoms with E-state index in [1.807, 2.05) is 61.7 Å². The average Bonchev–Trinajstić information content (AvgIpc) is 3.33. The quantitative estimate of drug-likeness (QED) is 0.532. The summed E-state index contributed by atoms with van der Waals surface area (Å²) in [6, 6.07) is 17.3. The Morgan fingerprint density at radius 3 is 2.71 bits per heavy atom. The molecule has 2 amide bonds. The molecule has 0 saturated carbocycles. The smallest absolute Gasteiger partial charge is 0.273 e. The minimum absolute atomic E-state index is 0.136. The number of fused-ring (bicyclic) bond motifs is 1. The molecule has 0 aliphatic carbocycles. The van der Waals surface area contributed by atoms with E-state index in [-0.39, 0.29) is 24.7 Å². The number of hydrogen-bond acceptors (Lipinski definition) is 6. The van der Waals surface area contributed by atoms with Crippen LogP contribution in [0.25, 0.3) is 16.2 Å². The van der Waals surface area contributed by atoms with Gasteiger partial charge in [-0.1, -0.05) is 53.8 Å². The number of nitrogens with one attached hydrogen (secondary N) is 1. The van der Waals surface area contributed by atoms with Gasteiger partial charge in [-0.05, 0) is 24.6 Å². The minimum atomic E-state index is -0.370. The molecule has 0 bridgehead atoms. The molecule has 154 valence electrons. The fourth-order valence-corrected chi connectivity index (χ4v) is 4.12. The number of amides is 2. The molecule has 2 aromatic heterocycles. The van der Waals surface area contributed by atoms with Gasteiger partial charge in [-0.2, -0.15) is 5.10 Å². The van der Waals surface area contributed by atoms with Crippen molar-refractivity contribution in [1.29, 1.82) is 0 Å². The van der Waals surface area contributed by atoms with Gasteiger partial charge in [0.25, 0.3) is 5.91 Å². The second-order valence-corrected chi connectivity index (χ2v) is 8.13. The van der Waals surface area contributed by atoms with Crippen LogP contribution in [-0.2, 0) is 9.59 Å². The van der Waals surface area contributed by atoms with E-state index in [0.29, 0.717) is 21.5 Å². The number of aromatic nitrogens is 3. The summed E-state index contributed by atoms with van der Waals surface area (Å²) in [6.45, 7) is 1.94. The summed E-state index contributed by atoms with van der Waals surface area (Å²) in [6.07, 6.45) is 2.34. The molecule has 31 heavy (non-hydrogen) atoms. The van der Waals surface area contributed by atoms with Gasteiger partial charge < -0.3 is 0 Å². The van der Waals surface area contributed by atoms with Crippen LogP contribution in [-0.4, -0.2) is 32.1 Å². The van der Waals surface area contributed by atoms with Crippen molar-refractivity contribution in [2.75, 3.05) is 10.3 Å². The predicted octanol–water partition coefficient (Wildman–Crippen LogP) is 3.89. The number of hydrogen-bond donors (Lipinski definition) is 1. The fourth-order valence-electron chi connectivity index (χ4n) is 3.35. The van der Waals surface area contributed by atoms with Gasteiger partial charge in [0.05, 0.1) is 17.6 Å². The number of nitrogens with zero attached hydrogens (tertiary/aromatic N) is 5. The summed E-state index contributed by atoms with van der Waals surface area (Å²) < 4.78 is 1.65. The van der Waals surface area contributed by atoms with Gasteiger partial charge in [-0.3, -0.25) is 14.9 Å². The Hall–Kier alpha value is -3.85. The highest BCUT2D eigenvalue weighted by Crippen LogP contribution is 2.25. The van der Waals surface area contributed by atoms with E-state index in [1.165, 1.54) is 16.3 Å². The van der Waals surface area contributed by atoms with Crippen LogP contribution in [0.4, 0.5) is 10.8 Å². The second kappa shape index (κ2) is 7.77. The molecule has 0 radical (unpaired) electrons. The van der Waals surface area contributed by atoms with Crippen molar-refractivity contribution in [2.45, 2.75) is 19.8 Å². The SMILES string of the molecule is Cc1cccc(N2N=C(C(=O)Nc3nn4cc(-c5ccccc5)nc4s3)CCC2=O)c1. The van der Waals surface area contributed by atoms with Gasteiger partial charge >= 0.3 is 0 Å². The topological polar surface area (TPSA) is 92.0 Å². The Kier molecular flexibility index (Phi) is 4.79. The number of benzene rings is 2. The van der Waals surface area contributed by atoms with Crippen LogP contribution in [0.3, 0.4) is 0 Å². The van der Waals surface area contributed by atoms with Crippen LogP contribution in [0, 0.1) is 6.92 Å². The lowest BCUT2D eigenvalue weighted by Crippen LogP contribution is -2.36. The van der Waals surface area contributed by atoms with Crippen LogP contribution in [0.2, 0.25) is 0 Å². The highest BCUT2D eigenvalue weighted by atomic mass is 32.1. The van der Waals surface area contributed by atoms with Crippen LogP contribution in [0.5, 0.6) is 0 Å². The molecule has 4 aromatic rings. The van der Waals surface area contributed by atoms with Crippen LogP contribution < -0.4 is 10.3 Å². The fraction of sp³-hybridized carbons (Fsp3) is 0.136. The zero-order chi connectivity index (χ0) is 21.4. The molecule has 0 unspecified atom stereocenters. The molecule has 3 heterocycles. The molecular formula is C22H18N6O2S. The van der Waals surface area contributed by atoms with Gasteiger partial charge in [0.1, 0.15) is 5.71 Å². The first kappa shape index (κ1) is 19.1. The molecule has 0 saturated heterocycles. The van der Waals surface area contributed by atoms with E-state index in [2.05, 4.69) is 20.5 Å². The van der Waals surface area contributed by atoms with Crippen LogP contribution >= 0.6 is 11.3 Å². The first-order valence-corrected chi connectivity index (χ1v) is 10.6.